The lowest BCUT2D eigenvalue weighted by Gasteiger charge is -2.02. The highest BCUT2D eigenvalue weighted by Crippen LogP contribution is 2.12. The van der Waals surface area contributed by atoms with Gasteiger partial charge in [-0.2, -0.15) is 0 Å². The van der Waals surface area contributed by atoms with Crippen LogP contribution in [-0.4, -0.2) is 28.1 Å². The molecule has 0 saturated carbocycles. The van der Waals surface area contributed by atoms with Crippen molar-refractivity contribution in [3.63, 3.8) is 0 Å². The molecule has 25 heavy (non-hydrogen) atoms. The Morgan fingerprint density at radius 3 is 1.28 bits per heavy atom. The maximum absolute atomic E-state index is 10.5. The molecule has 6 heteroatoms. The van der Waals surface area contributed by atoms with Gasteiger partial charge in [0.25, 0.3) is 0 Å². The molecule has 0 aromatic heterocycles. The van der Waals surface area contributed by atoms with Crippen LogP contribution in [-0.2, 0) is 14.4 Å². The Morgan fingerprint density at radius 1 is 0.680 bits per heavy atom. The van der Waals surface area contributed by atoms with E-state index in [0.29, 0.717) is 18.6 Å². The molecule has 0 saturated heterocycles. The molecule has 1 amide bonds. The first kappa shape index (κ1) is 25.4. The van der Waals surface area contributed by atoms with Crippen LogP contribution in [0.3, 0.4) is 0 Å². The summed E-state index contributed by atoms with van der Waals surface area (Å²) in [6, 6.07) is 0. The maximum Gasteiger partial charge on any atom is 0.328 e. The van der Waals surface area contributed by atoms with Gasteiger partial charge in [0.05, 0.1) is 0 Å². The Kier molecular flexibility index (Phi) is 20.5. The van der Waals surface area contributed by atoms with E-state index in [4.69, 9.17) is 15.9 Å². The Morgan fingerprint density at radius 2 is 1.00 bits per heavy atom. The summed E-state index contributed by atoms with van der Waals surface area (Å²) in [5.41, 5.74) is 5.08. The van der Waals surface area contributed by atoms with Gasteiger partial charge in [-0.05, 0) is 6.42 Å². The van der Waals surface area contributed by atoms with Gasteiger partial charge < -0.3 is 15.9 Å². The lowest BCUT2D eigenvalue weighted by Crippen LogP contribution is -2.09. The van der Waals surface area contributed by atoms with Gasteiger partial charge in [-0.1, -0.05) is 77.6 Å². The van der Waals surface area contributed by atoms with Crippen LogP contribution in [0.1, 0.15) is 90.4 Å². The SMILES string of the molecule is CCCCCCCCCCCCCCC(N)=O.O=C(O)/C=C\C(=O)O. The van der Waals surface area contributed by atoms with Gasteiger partial charge in [-0.25, -0.2) is 9.59 Å². The Hall–Kier alpha value is -1.85. The molecule has 0 aliphatic rings. The van der Waals surface area contributed by atoms with E-state index in [9.17, 15) is 14.4 Å². The minimum absolute atomic E-state index is 0.155. The topological polar surface area (TPSA) is 118 Å². The first-order chi connectivity index (χ1) is 11.9. The van der Waals surface area contributed by atoms with Crippen LogP contribution in [0.4, 0.5) is 0 Å². The lowest BCUT2D eigenvalue weighted by molar-refractivity contribution is -0.134. The van der Waals surface area contributed by atoms with E-state index in [1.54, 1.807) is 0 Å². The molecule has 0 bridgehead atoms. The van der Waals surface area contributed by atoms with E-state index < -0.39 is 11.9 Å². The number of carboxylic acid groups (broad SMARTS) is 2. The van der Waals surface area contributed by atoms with Crippen LogP contribution in [0.2, 0.25) is 0 Å². The quantitative estimate of drug-likeness (QED) is 0.299. The minimum atomic E-state index is -1.26. The molecule has 0 unspecified atom stereocenters. The molecule has 0 fully saturated rings. The highest BCUT2D eigenvalue weighted by Gasteiger charge is 1.95. The van der Waals surface area contributed by atoms with Crippen molar-refractivity contribution in [3.05, 3.63) is 12.2 Å². The van der Waals surface area contributed by atoms with Crippen molar-refractivity contribution >= 4 is 17.8 Å². The second-order valence-corrected chi connectivity index (χ2v) is 6.12. The summed E-state index contributed by atoms with van der Waals surface area (Å²) in [6.07, 6.45) is 17.6. The Balaban J connectivity index is 0. The molecule has 0 rings (SSSR count). The number of hydrogen-bond acceptors (Lipinski definition) is 3. The fourth-order valence-corrected chi connectivity index (χ4v) is 2.28. The standard InChI is InChI=1S/C15H31NO.C4H4O4/c1-2-3-4-5-6-7-8-9-10-11-12-13-14-15(16)17;5-3(6)1-2-4(7)8/h2-14H2,1H3,(H2,16,17);1-2H,(H,5,6)(H,7,8)/b;2-1-. The second-order valence-electron chi connectivity index (χ2n) is 6.12. The first-order valence-corrected chi connectivity index (χ1v) is 9.32. The van der Waals surface area contributed by atoms with Crippen molar-refractivity contribution in [1.82, 2.24) is 0 Å². The van der Waals surface area contributed by atoms with E-state index in [0.717, 1.165) is 6.42 Å². The number of nitrogens with two attached hydrogens (primary N) is 1. The molecule has 0 spiro atoms. The maximum atomic E-state index is 10.5. The first-order valence-electron chi connectivity index (χ1n) is 9.32. The predicted octanol–water partition coefficient (Wildman–Crippen LogP) is 4.27. The molecule has 6 nitrogen and oxygen atoms in total. The molecule has 146 valence electrons. The summed E-state index contributed by atoms with van der Waals surface area (Å²) >= 11 is 0. The number of carboxylic acids is 2. The zero-order valence-electron chi connectivity index (χ0n) is 15.5. The number of rotatable bonds is 15. The molecule has 0 aromatic rings. The average Bonchev–Trinajstić information content (AvgIpc) is 2.54. The van der Waals surface area contributed by atoms with Crippen LogP contribution in [0, 0.1) is 0 Å². The van der Waals surface area contributed by atoms with Crippen molar-refractivity contribution in [1.29, 1.82) is 0 Å². The third-order valence-electron chi connectivity index (χ3n) is 3.65. The van der Waals surface area contributed by atoms with Crippen LogP contribution in [0.15, 0.2) is 12.2 Å². The highest BCUT2D eigenvalue weighted by molar-refractivity contribution is 5.89. The number of unbranched alkanes of at least 4 members (excludes halogenated alkanes) is 11. The van der Waals surface area contributed by atoms with Gasteiger partial charge in [0.2, 0.25) is 5.91 Å². The molecule has 0 radical (unpaired) electrons. The highest BCUT2D eigenvalue weighted by atomic mass is 16.4. The second kappa shape index (κ2) is 20.2. The van der Waals surface area contributed by atoms with Crippen molar-refractivity contribution in [3.8, 4) is 0 Å². The smallest absolute Gasteiger partial charge is 0.328 e. The molecular weight excluding hydrogens is 322 g/mol. The van der Waals surface area contributed by atoms with Gasteiger partial charge in [-0.3, -0.25) is 4.79 Å². The summed E-state index contributed by atoms with van der Waals surface area (Å²) in [6.45, 7) is 2.26. The van der Waals surface area contributed by atoms with E-state index in [1.807, 2.05) is 0 Å². The van der Waals surface area contributed by atoms with Gasteiger partial charge in [-0.15, -0.1) is 0 Å². The summed E-state index contributed by atoms with van der Waals surface area (Å²) in [5.74, 6) is -2.67. The molecule has 0 aliphatic carbocycles. The number of amides is 1. The Labute approximate surface area is 151 Å². The number of hydrogen-bond donors (Lipinski definition) is 3. The van der Waals surface area contributed by atoms with E-state index >= 15 is 0 Å². The van der Waals surface area contributed by atoms with Crippen molar-refractivity contribution in [2.75, 3.05) is 0 Å². The lowest BCUT2D eigenvalue weighted by atomic mass is 10.0. The summed E-state index contributed by atoms with van der Waals surface area (Å²) in [5, 5.41) is 15.6. The van der Waals surface area contributed by atoms with Crippen LogP contribution in [0.5, 0.6) is 0 Å². The van der Waals surface area contributed by atoms with Crippen LogP contribution >= 0.6 is 0 Å². The van der Waals surface area contributed by atoms with Gasteiger partial charge in [0, 0.05) is 18.6 Å². The summed E-state index contributed by atoms with van der Waals surface area (Å²) in [4.78, 5) is 29.6. The minimum Gasteiger partial charge on any atom is -0.478 e. The molecule has 0 aromatic carbocycles. The summed E-state index contributed by atoms with van der Waals surface area (Å²) < 4.78 is 0. The molecule has 4 N–H and O–H groups in total. The van der Waals surface area contributed by atoms with E-state index in [-0.39, 0.29) is 5.91 Å². The van der Waals surface area contributed by atoms with Gasteiger partial charge in [0.1, 0.15) is 0 Å². The zero-order chi connectivity index (χ0) is 19.3. The van der Waals surface area contributed by atoms with Crippen molar-refractivity contribution in [2.24, 2.45) is 5.73 Å². The molecule has 0 aliphatic heterocycles. The Bertz CT molecular complexity index is 364. The molecular formula is C19H35NO5. The fraction of sp³-hybridized carbons (Fsp3) is 0.737. The number of carbonyl (C=O) groups excluding carboxylic acids is 1. The van der Waals surface area contributed by atoms with Crippen LogP contribution in [0.25, 0.3) is 0 Å². The third kappa shape index (κ3) is 30.6. The number of carbonyl (C=O) groups is 3. The summed E-state index contributed by atoms with van der Waals surface area (Å²) in [7, 11) is 0. The molecule has 0 atom stereocenters. The average molecular weight is 357 g/mol. The van der Waals surface area contributed by atoms with Crippen molar-refractivity contribution < 1.29 is 24.6 Å². The van der Waals surface area contributed by atoms with Gasteiger partial charge >= 0.3 is 11.9 Å². The van der Waals surface area contributed by atoms with E-state index in [2.05, 4.69) is 6.92 Å². The fourth-order valence-electron chi connectivity index (χ4n) is 2.28. The monoisotopic (exact) mass is 357 g/mol. The number of primary amides is 1. The largest absolute Gasteiger partial charge is 0.478 e. The van der Waals surface area contributed by atoms with Crippen LogP contribution < -0.4 is 5.73 Å². The third-order valence-corrected chi connectivity index (χ3v) is 3.65. The van der Waals surface area contributed by atoms with Crippen molar-refractivity contribution in [2.45, 2.75) is 90.4 Å². The zero-order valence-corrected chi connectivity index (χ0v) is 15.5. The van der Waals surface area contributed by atoms with Gasteiger partial charge in [0.15, 0.2) is 0 Å². The van der Waals surface area contributed by atoms with E-state index in [1.165, 1.54) is 70.6 Å². The normalized spacial score (nSPS) is 10.3. The predicted molar refractivity (Wildman–Crippen MR) is 99.3 cm³/mol. The molecule has 0 heterocycles. The number of aliphatic carboxylic acids is 2.